The average Bonchev–Trinajstić information content (AvgIpc) is 2.65. The van der Waals surface area contributed by atoms with E-state index in [0.29, 0.717) is 6.04 Å². The van der Waals surface area contributed by atoms with Crippen molar-refractivity contribution in [2.24, 2.45) is 5.41 Å². The number of thiophene rings is 1. The Morgan fingerprint density at radius 3 is 2.47 bits per heavy atom. The van der Waals surface area contributed by atoms with Crippen molar-refractivity contribution >= 4 is 22.9 Å². The van der Waals surface area contributed by atoms with E-state index in [9.17, 15) is 0 Å². The Morgan fingerprint density at radius 1 is 1.35 bits per heavy atom. The molecule has 2 heterocycles. The summed E-state index contributed by atoms with van der Waals surface area (Å²) in [7, 11) is 0. The van der Waals surface area contributed by atoms with E-state index >= 15 is 0 Å². The molecule has 0 radical (unpaired) electrons. The third kappa shape index (κ3) is 3.02. The van der Waals surface area contributed by atoms with Crippen LogP contribution in [-0.4, -0.2) is 31.1 Å². The van der Waals surface area contributed by atoms with E-state index in [1.165, 1.54) is 4.88 Å². The number of rotatable bonds is 2. The van der Waals surface area contributed by atoms with Crippen LogP contribution in [0.2, 0.25) is 5.02 Å². The van der Waals surface area contributed by atoms with E-state index in [1.807, 2.05) is 6.07 Å². The Balaban J connectivity index is 2.28. The molecule has 1 fully saturated rings. The molecule has 2 rings (SSSR count). The van der Waals surface area contributed by atoms with Crippen molar-refractivity contribution in [1.82, 2.24) is 10.2 Å². The molecule has 96 valence electrons. The molecule has 1 atom stereocenters. The summed E-state index contributed by atoms with van der Waals surface area (Å²) in [6.45, 7) is 11.3. The molecule has 0 bridgehead atoms. The first kappa shape index (κ1) is 13.3. The van der Waals surface area contributed by atoms with Gasteiger partial charge in [0.05, 0.1) is 11.1 Å². The largest absolute Gasteiger partial charge is 0.314 e. The van der Waals surface area contributed by atoms with Crippen LogP contribution in [0.1, 0.15) is 31.7 Å². The molecule has 1 N–H and O–H groups in total. The lowest BCUT2D eigenvalue weighted by Crippen LogP contribution is -2.48. The summed E-state index contributed by atoms with van der Waals surface area (Å²) in [4.78, 5) is 3.88. The van der Waals surface area contributed by atoms with E-state index in [2.05, 4.69) is 36.4 Å². The highest BCUT2D eigenvalue weighted by molar-refractivity contribution is 7.10. The van der Waals surface area contributed by atoms with Crippen LogP contribution in [0.3, 0.4) is 0 Å². The van der Waals surface area contributed by atoms with Gasteiger partial charge in [0.15, 0.2) is 0 Å². The van der Waals surface area contributed by atoms with Crippen molar-refractivity contribution in [3.05, 3.63) is 21.3 Å². The van der Waals surface area contributed by atoms with Crippen molar-refractivity contribution in [2.75, 3.05) is 26.2 Å². The Bertz CT molecular complexity index is 364. The van der Waals surface area contributed by atoms with Gasteiger partial charge in [-0.15, -0.1) is 11.3 Å². The molecule has 0 saturated carbocycles. The van der Waals surface area contributed by atoms with Crippen LogP contribution < -0.4 is 5.32 Å². The van der Waals surface area contributed by atoms with Gasteiger partial charge < -0.3 is 5.32 Å². The lowest BCUT2D eigenvalue weighted by molar-refractivity contribution is 0.0888. The minimum atomic E-state index is 0.214. The summed E-state index contributed by atoms with van der Waals surface area (Å²) < 4.78 is 0. The molecule has 1 saturated heterocycles. The van der Waals surface area contributed by atoms with Crippen LogP contribution in [0.4, 0.5) is 0 Å². The number of piperazine rings is 1. The van der Waals surface area contributed by atoms with E-state index < -0.39 is 0 Å². The fraction of sp³-hybridized carbons (Fsp3) is 0.692. The van der Waals surface area contributed by atoms with Crippen LogP contribution in [-0.2, 0) is 0 Å². The van der Waals surface area contributed by atoms with Crippen LogP contribution in [0.25, 0.3) is 0 Å². The van der Waals surface area contributed by atoms with Gasteiger partial charge >= 0.3 is 0 Å². The molecule has 1 aliphatic heterocycles. The van der Waals surface area contributed by atoms with Gasteiger partial charge in [0.2, 0.25) is 0 Å². The minimum Gasteiger partial charge on any atom is -0.314 e. The molecule has 17 heavy (non-hydrogen) atoms. The van der Waals surface area contributed by atoms with Gasteiger partial charge in [-0.1, -0.05) is 32.4 Å². The maximum atomic E-state index is 6.33. The molecule has 1 aromatic rings. The third-order valence-electron chi connectivity index (χ3n) is 3.23. The predicted molar refractivity (Wildman–Crippen MR) is 76.0 cm³/mol. The van der Waals surface area contributed by atoms with E-state index in [1.54, 1.807) is 11.3 Å². The average molecular weight is 273 g/mol. The maximum Gasteiger partial charge on any atom is 0.0561 e. The second-order valence-electron chi connectivity index (χ2n) is 5.69. The van der Waals surface area contributed by atoms with Crippen molar-refractivity contribution in [3.8, 4) is 0 Å². The zero-order valence-corrected chi connectivity index (χ0v) is 12.4. The maximum absolute atomic E-state index is 6.33. The minimum absolute atomic E-state index is 0.214. The molecule has 1 aromatic heterocycles. The first-order valence-corrected chi connectivity index (χ1v) is 7.43. The van der Waals surface area contributed by atoms with Crippen LogP contribution >= 0.6 is 22.9 Å². The molecule has 4 heteroatoms. The van der Waals surface area contributed by atoms with Gasteiger partial charge in [-0.25, -0.2) is 0 Å². The Labute approximate surface area is 113 Å². The second-order valence-corrected chi connectivity index (χ2v) is 7.04. The highest BCUT2D eigenvalue weighted by atomic mass is 35.5. The lowest BCUT2D eigenvalue weighted by Gasteiger charge is -2.42. The quantitative estimate of drug-likeness (QED) is 0.888. The van der Waals surface area contributed by atoms with Gasteiger partial charge in [-0.3, -0.25) is 4.90 Å². The molecule has 1 aliphatic rings. The van der Waals surface area contributed by atoms with Crippen molar-refractivity contribution in [3.63, 3.8) is 0 Å². The summed E-state index contributed by atoms with van der Waals surface area (Å²) in [6, 6.07) is 2.44. The SMILES string of the molecule is CC(C)(C)[C@@H](c1sccc1Cl)N1CCNCC1. The molecule has 0 amide bonds. The highest BCUT2D eigenvalue weighted by Gasteiger charge is 2.34. The number of hydrogen-bond acceptors (Lipinski definition) is 3. The zero-order valence-electron chi connectivity index (χ0n) is 10.8. The van der Waals surface area contributed by atoms with Gasteiger partial charge in [-0.05, 0) is 16.9 Å². The second kappa shape index (κ2) is 5.27. The number of halogens is 1. The smallest absolute Gasteiger partial charge is 0.0561 e. The van der Waals surface area contributed by atoms with Gasteiger partial charge in [0.1, 0.15) is 0 Å². The van der Waals surface area contributed by atoms with Crippen LogP contribution in [0.15, 0.2) is 11.4 Å². The zero-order chi connectivity index (χ0) is 12.5. The van der Waals surface area contributed by atoms with Crippen molar-refractivity contribution in [1.29, 1.82) is 0 Å². The topological polar surface area (TPSA) is 15.3 Å². The van der Waals surface area contributed by atoms with Crippen LogP contribution in [0, 0.1) is 5.41 Å². The number of hydrogen-bond donors (Lipinski definition) is 1. The normalized spacial score (nSPS) is 20.5. The Hall–Kier alpha value is -0.0900. The van der Waals surface area contributed by atoms with Gasteiger partial charge in [0.25, 0.3) is 0 Å². The van der Waals surface area contributed by atoms with Crippen molar-refractivity contribution in [2.45, 2.75) is 26.8 Å². The summed E-state index contributed by atoms with van der Waals surface area (Å²) in [5.41, 5.74) is 0.214. The fourth-order valence-electron chi connectivity index (χ4n) is 2.55. The van der Waals surface area contributed by atoms with Crippen molar-refractivity contribution < 1.29 is 0 Å². The standard InChI is InChI=1S/C13H21ClN2S/c1-13(2,3)12(11-10(14)4-9-17-11)16-7-5-15-6-8-16/h4,9,12,15H,5-8H2,1-3H3/t12-/m1/s1. The summed E-state index contributed by atoms with van der Waals surface area (Å²) in [5.74, 6) is 0. The number of nitrogens with one attached hydrogen (secondary N) is 1. The Kier molecular flexibility index (Phi) is 4.14. The third-order valence-corrected chi connectivity index (χ3v) is 4.64. The molecular weight excluding hydrogens is 252 g/mol. The molecule has 2 nitrogen and oxygen atoms in total. The van der Waals surface area contributed by atoms with Crippen LogP contribution in [0.5, 0.6) is 0 Å². The van der Waals surface area contributed by atoms with E-state index in [0.717, 1.165) is 31.2 Å². The molecule has 0 aromatic carbocycles. The first-order chi connectivity index (χ1) is 8.00. The molecule has 0 aliphatic carbocycles. The summed E-state index contributed by atoms with van der Waals surface area (Å²) in [6.07, 6.45) is 0. The van der Waals surface area contributed by atoms with Gasteiger partial charge in [0, 0.05) is 31.1 Å². The summed E-state index contributed by atoms with van der Waals surface area (Å²) in [5, 5.41) is 6.43. The fourth-order valence-corrected chi connectivity index (χ4v) is 4.09. The number of nitrogens with zero attached hydrogens (tertiary/aromatic N) is 1. The summed E-state index contributed by atoms with van der Waals surface area (Å²) >= 11 is 8.11. The lowest BCUT2D eigenvalue weighted by atomic mass is 9.84. The monoisotopic (exact) mass is 272 g/mol. The molecule has 0 unspecified atom stereocenters. The molecular formula is C13H21ClN2S. The predicted octanol–water partition coefficient (Wildman–Crippen LogP) is 3.39. The Morgan fingerprint density at radius 2 is 2.00 bits per heavy atom. The highest BCUT2D eigenvalue weighted by Crippen LogP contribution is 2.43. The first-order valence-electron chi connectivity index (χ1n) is 6.18. The van der Waals surface area contributed by atoms with Gasteiger partial charge in [-0.2, -0.15) is 0 Å². The van der Waals surface area contributed by atoms with E-state index in [4.69, 9.17) is 11.6 Å². The van der Waals surface area contributed by atoms with E-state index in [-0.39, 0.29) is 5.41 Å². The molecule has 0 spiro atoms.